The van der Waals surface area contributed by atoms with E-state index in [1.165, 1.54) is 0 Å². The fraction of sp³-hybridized carbons (Fsp3) is 0.647. The maximum Gasteiger partial charge on any atom is 0.417 e. The Hall–Kier alpha value is -1.25. The normalized spacial score (nSPS) is 21.7. The Morgan fingerprint density at radius 2 is 1.96 bits per heavy atom. The number of anilines is 1. The molecule has 2 fully saturated rings. The van der Waals surface area contributed by atoms with Crippen LogP contribution in [-0.2, 0) is 11.0 Å². The number of alkyl halides is 3. The number of aromatic nitrogens is 1. The van der Waals surface area contributed by atoms with Gasteiger partial charge in [-0.2, -0.15) is 13.2 Å². The van der Waals surface area contributed by atoms with E-state index in [1.54, 1.807) is 0 Å². The van der Waals surface area contributed by atoms with Gasteiger partial charge in [-0.1, -0.05) is 11.6 Å². The average Bonchev–Trinajstić information content (AvgIpc) is 2.60. The van der Waals surface area contributed by atoms with Crippen LogP contribution in [0.15, 0.2) is 12.3 Å². The van der Waals surface area contributed by atoms with Crippen molar-refractivity contribution in [3.05, 3.63) is 22.8 Å². The van der Waals surface area contributed by atoms with Crippen molar-refractivity contribution in [3.63, 3.8) is 0 Å². The summed E-state index contributed by atoms with van der Waals surface area (Å²) < 4.78 is 38.2. The number of pyridine rings is 1. The molecule has 1 aromatic rings. The van der Waals surface area contributed by atoms with Gasteiger partial charge in [0, 0.05) is 50.9 Å². The van der Waals surface area contributed by atoms with E-state index in [1.807, 2.05) is 9.80 Å². The second kappa shape index (κ2) is 8.84. The summed E-state index contributed by atoms with van der Waals surface area (Å²) >= 11 is 6.02. The Bertz CT molecular complexity index is 666. The third-order valence-corrected chi connectivity index (χ3v) is 5.25. The second-order valence-electron chi connectivity index (χ2n) is 6.93. The highest BCUT2D eigenvalue weighted by atomic mass is 35.5. The third-order valence-electron chi connectivity index (χ3n) is 4.97. The molecule has 1 aromatic heterocycles. The smallest absolute Gasteiger partial charge is 0.355 e. The monoisotopic (exact) mass is 426 g/mol. The molecule has 152 valence electrons. The second-order valence-corrected chi connectivity index (χ2v) is 7.34. The Kier molecular flexibility index (Phi) is 7.21. The Labute approximate surface area is 167 Å². The number of piperazine rings is 1. The first kappa shape index (κ1) is 22.0. The molecule has 1 unspecified atom stereocenters. The minimum absolute atomic E-state index is 0. The molecule has 0 radical (unpaired) electrons. The first-order chi connectivity index (χ1) is 12.3. The van der Waals surface area contributed by atoms with E-state index in [0.29, 0.717) is 44.3 Å². The molecule has 5 nitrogen and oxygen atoms in total. The van der Waals surface area contributed by atoms with Gasteiger partial charge < -0.3 is 15.1 Å². The standard InChI is InChI=1S/C17H22ClF3N4O.ClH/c1-11-10-25(7-4-22-11)16(26)12-2-5-24(6-3-12)15-14(18)8-13(9-23-15)17(19,20)21;/h8-9,11-12,22H,2-7,10H2,1H3;1H. The van der Waals surface area contributed by atoms with Crippen molar-refractivity contribution in [1.82, 2.24) is 15.2 Å². The lowest BCUT2D eigenvalue weighted by Gasteiger charge is -2.38. The van der Waals surface area contributed by atoms with Crippen molar-refractivity contribution >= 4 is 35.7 Å². The molecule has 2 aliphatic rings. The van der Waals surface area contributed by atoms with Gasteiger partial charge in [-0.05, 0) is 25.8 Å². The highest BCUT2D eigenvalue weighted by Crippen LogP contribution is 2.34. The largest absolute Gasteiger partial charge is 0.417 e. The van der Waals surface area contributed by atoms with Crippen molar-refractivity contribution in [3.8, 4) is 0 Å². The van der Waals surface area contributed by atoms with Crippen molar-refractivity contribution in [1.29, 1.82) is 0 Å². The Morgan fingerprint density at radius 1 is 1.30 bits per heavy atom. The summed E-state index contributed by atoms with van der Waals surface area (Å²) in [6, 6.07) is 1.20. The van der Waals surface area contributed by atoms with E-state index in [2.05, 4.69) is 17.2 Å². The maximum atomic E-state index is 12.7. The molecule has 2 saturated heterocycles. The van der Waals surface area contributed by atoms with Gasteiger partial charge in [0.05, 0.1) is 10.6 Å². The van der Waals surface area contributed by atoms with Gasteiger partial charge in [0.15, 0.2) is 0 Å². The number of piperidine rings is 1. The molecular formula is C17H23Cl2F3N4O. The van der Waals surface area contributed by atoms with Crippen LogP contribution >= 0.6 is 24.0 Å². The summed E-state index contributed by atoms with van der Waals surface area (Å²) in [6.07, 6.45) is -2.36. The fourth-order valence-electron chi connectivity index (χ4n) is 3.55. The van der Waals surface area contributed by atoms with E-state index in [0.717, 1.165) is 25.4 Å². The lowest BCUT2D eigenvalue weighted by molar-refractivity contribution is -0.138. The fourth-order valence-corrected chi connectivity index (χ4v) is 3.83. The van der Waals surface area contributed by atoms with Gasteiger partial charge in [0.25, 0.3) is 0 Å². The van der Waals surface area contributed by atoms with Crippen LogP contribution in [0.3, 0.4) is 0 Å². The van der Waals surface area contributed by atoms with E-state index in [-0.39, 0.29) is 29.3 Å². The lowest BCUT2D eigenvalue weighted by atomic mass is 9.94. The molecule has 3 rings (SSSR count). The molecule has 1 atom stereocenters. The SMILES string of the molecule is CC1CN(C(=O)C2CCN(c3ncc(C(F)(F)F)cc3Cl)CC2)CCN1.Cl. The first-order valence-corrected chi connectivity index (χ1v) is 9.13. The molecule has 0 bridgehead atoms. The summed E-state index contributed by atoms with van der Waals surface area (Å²) in [5, 5.41) is 3.30. The average molecular weight is 427 g/mol. The zero-order chi connectivity index (χ0) is 18.9. The van der Waals surface area contributed by atoms with Gasteiger partial charge in [-0.15, -0.1) is 12.4 Å². The van der Waals surface area contributed by atoms with Gasteiger partial charge in [0.1, 0.15) is 5.82 Å². The van der Waals surface area contributed by atoms with Crippen LogP contribution in [-0.4, -0.2) is 54.6 Å². The molecule has 2 aliphatic heterocycles. The predicted molar refractivity (Wildman–Crippen MR) is 100 cm³/mol. The van der Waals surface area contributed by atoms with Crippen LogP contribution in [0.1, 0.15) is 25.3 Å². The van der Waals surface area contributed by atoms with Crippen LogP contribution in [0, 0.1) is 5.92 Å². The summed E-state index contributed by atoms with van der Waals surface area (Å²) in [5.41, 5.74) is -0.857. The molecule has 1 N–H and O–H groups in total. The number of carbonyl (C=O) groups excluding carboxylic acids is 1. The zero-order valence-electron chi connectivity index (χ0n) is 14.9. The van der Waals surface area contributed by atoms with Crippen LogP contribution < -0.4 is 10.2 Å². The molecule has 0 spiro atoms. The number of carbonyl (C=O) groups is 1. The molecule has 0 aromatic carbocycles. The molecule has 3 heterocycles. The van der Waals surface area contributed by atoms with Gasteiger partial charge in [0.2, 0.25) is 5.91 Å². The number of hydrogen-bond acceptors (Lipinski definition) is 4. The van der Waals surface area contributed by atoms with E-state index in [4.69, 9.17) is 11.6 Å². The molecule has 10 heteroatoms. The predicted octanol–water partition coefficient (Wildman–Crippen LogP) is 3.21. The topological polar surface area (TPSA) is 48.5 Å². The summed E-state index contributed by atoms with van der Waals surface area (Å²) in [5.74, 6) is 0.468. The van der Waals surface area contributed by atoms with Crippen LogP contribution in [0.4, 0.5) is 19.0 Å². The third kappa shape index (κ3) is 5.18. The Morgan fingerprint density at radius 3 is 2.52 bits per heavy atom. The number of nitrogens with one attached hydrogen (secondary N) is 1. The first-order valence-electron chi connectivity index (χ1n) is 8.75. The van der Waals surface area contributed by atoms with Crippen molar-refractivity contribution in [2.75, 3.05) is 37.6 Å². The summed E-state index contributed by atoms with van der Waals surface area (Å²) in [7, 11) is 0. The van der Waals surface area contributed by atoms with Crippen molar-refractivity contribution in [2.45, 2.75) is 32.0 Å². The number of nitrogens with zero attached hydrogens (tertiary/aromatic N) is 3. The van der Waals surface area contributed by atoms with E-state index in [9.17, 15) is 18.0 Å². The number of hydrogen-bond donors (Lipinski definition) is 1. The maximum absolute atomic E-state index is 12.7. The highest BCUT2D eigenvalue weighted by molar-refractivity contribution is 6.33. The van der Waals surface area contributed by atoms with Crippen LogP contribution in [0.2, 0.25) is 5.02 Å². The van der Waals surface area contributed by atoms with E-state index < -0.39 is 11.7 Å². The van der Waals surface area contributed by atoms with Gasteiger partial charge in [-0.3, -0.25) is 4.79 Å². The summed E-state index contributed by atoms with van der Waals surface area (Å²) in [6.45, 7) is 5.39. The minimum atomic E-state index is -4.46. The number of halogens is 5. The van der Waals surface area contributed by atoms with Gasteiger partial charge >= 0.3 is 6.18 Å². The highest BCUT2D eigenvalue weighted by Gasteiger charge is 2.34. The molecule has 0 saturated carbocycles. The molecular weight excluding hydrogens is 404 g/mol. The number of amides is 1. The number of rotatable bonds is 2. The quantitative estimate of drug-likeness (QED) is 0.788. The molecule has 1 amide bonds. The Balaban J connectivity index is 0.00000261. The molecule has 0 aliphatic carbocycles. The van der Waals surface area contributed by atoms with E-state index >= 15 is 0 Å². The zero-order valence-corrected chi connectivity index (χ0v) is 16.5. The lowest BCUT2D eigenvalue weighted by Crippen LogP contribution is -2.53. The van der Waals surface area contributed by atoms with Crippen molar-refractivity contribution in [2.24, 2.45) is 5.92 Å². The van der Waals surface area contributed by atoms with Gasteiger partial charge in [-0.25, -0.2) is 4.98 Å². The van der Waals surface area contributed by atoms with Crippen molar-refractivity contribution < 1.29 is 18.0 Å². The minimum Gasteiger partial charge on any atom is -0.355 e. The molecule has 27 heavy (non-hydrogen) atoms. The van der Waals surface area contributed by atoms with Crippen LogP contribution in [0.5, 0.6) is 0 Å². The van der Waals surface area contributed by atoms with Crippen LogP contribution in [0.25, 0.3) is 0 Å². The summed E-state index contributed by atoms with van der Waals surface area (Å²) in [4.78, 5) is 20.3.